The molecule has 1 aromatic carbocycles. The molecule has 0 atom stereocenters. The summed E-state index contributed by atoms with van der Waals surface area (Å²) in [5.41, 5.74) is 2.42. The van der Waals surface area contributed by atoms with Crippen molar-refractivity contribution < 1.29 is 4.79 Å². The highest BCUT2D eigenvalue weighted by Gasteiger charge is 2.31. The molecule has 32 heavy (non-hydrogen) atoms. The molecule has 0 unspecified atom stereocenters. The molecule has 166 valence electrons. The van der Waals surface area contributed by atoms with Gasteiger partial charge >= 0.3 is 0 Å². The Balaban J connectivity index is 1.42. The average Bonchev–Trinajstić information content (AvgIpc) is 3.30. The van der Waals surface area contributed by atoms with E-state index in [0.717, 1.165) is 18.7 Å². The molecule has 1 saturated carbocycles. The zero-order valence-electron chi connectivity index (χ0n) is 18.0. The molecule has 1 aliphatic carbocycles. The van der Waals surface area contributed by atoms with Crippen LogP contribution in [-0.4, -0.2) is 67.9 Å². The number of pyridine rings is 1. The molecule has 2 aliphatic rings. The first kappa shape index (κ1) is 21.1. The lowest BCUT2D eigenvalue weighted by molar-refractivity contribution is 0.0519. The number of halogens is 1. The van der Waals surface area contributed by atoms with Crippen LogP contribution in [0.5, 0.6) is 0 Å². The number of carbonyl (C=O) groups excluding carboxylic acids is 1. The zero-order valence-corrected chi connectivity index (χ0v) is 18.8. The molecular formula is C24H27ClN6O. The quantitative estimate of drug-likeness (QED) is 0.599. The minimum absolute atomic E-state index is 0.0922. The molecular weight excluding hydrogens is 424 g/mol. The Hall–Kier alpha value is -2.77. The minimum Gasteiger partial charge on any atom is -0.335 e. The largest absolute Gasteiger partial charge is 0.335 e. The molecule has 8 heteroatoms. The van der Waals surface area contributed by atoms with Gasteiger partial charge in [-0.3, -0.25) is 14.7 Å². The summed E-state index contributed by atoms with van der Waals surface area (Å²) in [7, 11) is 0. The fourth-order valence-corrected chi connectivity index (χ4v) is 5.08. The van der Waals surface area contributed by atoms with Crippen LogP contribution >= 0.6 is 11.6 Å². The Labute approximate surface area is 193 Å². The summed E-state index contributed by atoms with van der Waals surface area (Å²) in [6.45, 7) is 3.25. The number of hydrogen-bond acceptors (Lipinski definition) is 5. The van der Waals surface area contributed by atoms with Crippen molar-refractivity contribution in [3.63, 3.8) is 0 Å². The van der Waals surface area contributed by atoms with Crippen LogP contribution in [0.4, 0.5) is 0 Å². The predicted molar refractivity (Wildman–Crippen MR) is 124 cm³/mol. The molecule has 3 heterocycles. The van der Waals surface area contributed by atoms with Gasteiger partial charge in [0.05, 0.1) is 10.7 Å². The highest BCUT2D eigenvalue weighted by atomic mass is 35.5. The number of nitrogens with zero attached hydrogens (tertiary/aromatic N) is 6. The first-order valence-electron chi connectivity index (χ1n) is 11.4. The van der Waals surface area contributed by atoms with Gasteiger partial charge < -0.3 is 4.90 Å². The maximum atomic E-state index is 13.5. The first-order chi connectivity index (χ1) is 15.7. The summed E-state index contributed by atoms with van der Waals surface area (Å²) in [6, 6.07) is 11.9. The van der Waals surface area contributed by atoms with Crippen molar-refractivity contribution in [2.24, 2.45) is 0 Å². The van der Waals surface area contributed by atoms with Crippen LogP contribution < -0.4 is 0 Å². The fraction of sp³-hybridized carbons (Fsp3) is 0.417. The van der Waals surface area contributed by atoms with Gasteiger partial charge in [0, 0.05) is 50.2 Å². The normalized spacial score (nSPS) is 18.1. The lowest BCUT2D eigenvalue weighted by atomic mass is 9.94. The van der Waals surface area contributed by atoms with E-state index in [4.69, 9.17) is 11.6 Å². The number of amides is 1. The van der Waals surface area contributed by atoms with E-state index in [1.165, 1.54) is 32.1 Å². The molecule has 0 radical (unpaired) electrons. The van der Waals surface area contributed by atoms with Crippen LogP contribution in [-0.2, 0) is 0 Å². The fourth-order valence-electron chi connectivity index (χ4n) is 4.87. The molecule has 1 saturated heterocycles. The third kappa shape index (κ3) is 4.14. The molecule has 0 N–H and O–H groups in total. The second-order valence-electron chi connectivity index (χ2n) is 8.51. The third-order valence-electron chi connectivity index (χ3n) is 6.58. The highest BCUT2D eigenvalue weighted by molar-refractivity contribution is 6.32. The van der Waals surface area contributed by atoms with Crippen molar-refractivity contribution >= 4 is 17.5 Å². The summed E-state index contributed by atoms with van der Waals surface area (Å²) >= 11 is 6.44. The molecule has 1 amide bonds. The van der Waals surface area contributed by atoms with Crippen LogP contribution in [0.3, 0.4) is 0 Å². The van der Waals surface area contributed by atoms with Crippen molar-refractivity contribution in [1.82, 2.24) is 29.8 Å². The standard InChI is InChI=1S/C24H27ClN6O/c25-20-10-4-5-11-21(20)31-23(18-7-6-12-26-17-18)22(27-28-31)24(32)30-15-13-29(14-16-30)19-8-2-1-3-9-19/h4-7,10-12,17,19H,1-3,8-9,13-16H2. The van der Waals surface area contributed by atoms with Gasteiger partial charge in [0.2, 0.25) is 0 Å². The Morgan fingerprint density at radius 2 is 1.75 bits per heavy atom. The summed E-state index contributed by atoms with van der Waals surface area (Å²) in [6.07, 6.45) is 10.00. The van der Waals surface area contributed by atoms with E-state index in [0.29, 0.717) is 41.2 Å². The summed E-state index contributed by atoms with van der Waals surface area (Å²) in [4.78, 5) is 22.2. The summed E-state index contributed by atoms with van der Waals surface area (Å²) < 4.78 is 1.64. The Kier molecular flexibility index (Phi) is 6.19. The number of benzene rings is 1. The van der Waals surface area contributed by atoms with Crippen LogP contribution in [0.1, 0.15) is 42.6 Å². The maximum absolute atomic E-state index is 13.5. The lowest BCUT2D eigenvalue weighted by Gasteiger charge is -2.40. The number of carbonyl (C=O) groups is 1. The van der Waals surface area contributed by atoms with E-state index in [2.05, 4.69) is 20.2 Å². The van der Waals surface area contributed by atoms with Crippen LogP contribution in [0.2, 0.25) is 5.02 Å². The maximum Gasteiger partial charge on any atom is 0.276 e. The van der Waals surface area contributed by atoms with Crippen molar-refractivity contribution in [3.8, 4) is 16.9 Å². The molecule has 3 aromatic rings. The Morgan fingerprint density at radius 1 is 0.969 bits per heavy atom. The van der Waals surface area contributed by atoms with E-state index >= 15 is 0 Å². The molecule has 0 spiro atoms. The SMILES string of the molecule is O=C(c1nnn(-c2ccccc2Cl)c1-c1cccnc1)N1CCN(C2CCCCC2)CC1. The number of hydrogen-bond donors (Lipinski definition) is 0. The number of piperazine rings is 1. The van der Waals surface area contributed by atoms with Crippen molar-refractivity contribution in [2.45, 2.75) is 38.1 Å². The van der Waals surface area contributed by atoms with Gasteiger partial charge in [-0.25, -0.2) is 4.68 Å². The van der Waals surface area contributed by atoms with Gasteiger partial charge in [0.25, 0.3) is 5.91 Å². The van der Waals surface area contributed by atoms with Crippen molar-refractivity contribution in [2.75, 3.05) is 26.2 Å². The second-order valence-corrected chi connectivity index (χ2v) is 8.92. The van der Waals surface area contributed by atoms with Crippen LogP contribution in [0.15, 0.2) is 48.8 Å². The van der Waals surface area contributed by atoms with E-state index in [-0.39, 0.29) is 5.91 Å². The molecule has 2 aromatic heterocycles. The van der Waals surface area contributed by atoms with Gasteiger partial charge in [0.15, 0.2) is 5.69 Å². The lowest BCUT2D eigenvalue weighted by Crippen LogP contribution is -2.52. The molecule has 1 aliphatic heterocycles. The van der Waals surface area contributed by atoms with Crippen LogP contribution in [0.25, 0.3) is 16.9 Å². The summed E-state index contributed by atoms with van der Waals surface area (Å²) in [5.74, 6) is -0.0922. The van der Waals surface area contributed by atoms with Gasteiger partial charge in [-0.05, 0) is 37.1 Å². The predicted octanol–water partition coefficient (Wildman–Crippen LogP) is 4.07. The average molecular weight is 451 g/mol. The minimum atomic E-state index is -0.0922. The van der Waals surface area contributed by atoms with Gasteiger partial charge in [0.1, 0.15) is 5.69 Å². The van der Waals surface area contributed by atoms with E-state index < -0.39 is 0 Å². The zero-order chi connectivity index (χ0) is 21.9. The van der Waals surface area contributed by atoms with Gasteiger partial charge in [-0.1, -0.05) is 48.2 Å². The summed E-state index contributed by atoms with van der Waals surface area (Å²) in [5, 5.41) is 9.18. The Morgan fingerprint density at radius 3 is 2.47 bits per heavy atom. The van der Waals surface area contributed by atoms with E-state index in [9.17, 15) is 4.79 Å². The Bertz CT molecular complexity index is 1070. The van der Waals surface area contributed by atoms with Crippen molar-refractivity contribution in [3.05, 3.63) is 59.5 Å². The topological polar surface area (TPSA) is 67.2 Å². The van der Waals surface area contributed by atoms with Gasteiger partial charge in [-0.15, -0.1) is 5.10 Å². The van der Waals surface area contributed by atoms with E-state index in [1.54, 1.807) is 23.1 Å². The molecule has 2 fully saturated rings. The van der Waals surface area contributed by atoms with Crippen LogP contribution in [0, 0.1) is 0 Å². The number of para-hydroxylation sites is 1. The van der Waals surface area contributed by atoms with E-state index in [1.807, 2.05) is 35.2 Å². The number of rotatable bonds is 4. The van der Waals surface area contributed by atoms with Gasteiger partial charge in [-0.2, -0.15) is 0 Å². The first-order valence-corrected chi connectivity index (χ1v) is 11.7. The monoisotopic (exact) mass is 450 g/mol. The molecule has 0 bridgehead atoms. The second kappa shape index (κ2) is 9.38. The smallest absolute Gasteiger partial charge is 0.276 e. The number of aromatic nitrogens is 4. The molecule has 5 rings (SSSR count). The third-order valence-corrected chi connectivity index (χ3v) is 6.90. The van der Waals surface area contributed by atoms with Crippen molar-refractivity contribution in [1.29, 1.82) is 0 Å². The highest BCUT2D eigenvalue weighted by Crippen LogP contribution is 2.29. The molecule has 7 nitrogen and oxygen atoms in total.